The van der Waals surface area contributed by atoms with Crippen molar-refractivity contribution in [3.05, 3.63) is 139 Å². The summed E-state index contributed by atoms with van der Waals surface area (Å²) in [7, 11) is 0. The van der Waals surface area contributed by atoms with E-state index in [-0.39, 0.29) is 31.4 Å². The van der Waals surface area contributed by atoms with Crippen molar-refractivity contribution in [1.82, 2.24) is 9.97 Å². The van der Waals surface area contributed by atoms with E-state index in [1.165, 1.54) is 10.5 Å². The van der Waals surface area contributed by atoms with Crippen LogP contribution < -0.4 is 4.40 Å². The average molecular weight is 870 g/mol. The molecule has 3 heterocycles. The summed E-state index contributed by atoms with van der Waals surface area (Å²) in [6, 6.07) is 37.4. The van der Waals surface area contributed by atoms with E-state index < -0.39 is 38.2 Å². The van der Waals surface area contributed by atoms with Gasteiger partial charge in [0.1, 0.15) is 5.58 Å². The van der Waals surface area contributed by atoms with Gasteiger partial charge in [0.2, 0.25) is 0 Å². The molecule has 241 valence electrons. The molecule has 0 fully saturated rings. The fourth-order valence-electron chi connectivity index (χ4n) is 6.08. The normalized spacial score (nSPS) is 13.9. The van der Waals surface area contributed by atoms with Crippen LogP contribution in [0.1, 0.15) is 39.1 Å². The van der Waals surface area contributed by atoms with Crippen LogP contribution in [-0.4, -0.2) is 23.2 Å². The molecule has 0 aliphatic carbocycles. The Morgan fingerprint density at radius 1 is 0.792 bits per heavy atom. The first-order valence-corrected chi connectivity index (χ1v) is 23.0. The number of fused-ring (bicyclic) bond motifs is 6. The Kier molecular flexibility index (Phi) is 7.71. The predicted molar refractivity (Wildman–Crippen MR) is 201 cm³/mol. The van der Waals surface area contributed by atoms with Crippen LogP contribution in [0.25, 0.3) is 66.0 Å². The third-order valence-electron chi connectivity index (χ3n) is 8.44. The van der Waals surface area contributed by atoms with Gasteiger partial charge in [-0.1, -0.05) is 59.0 Å². The Morgan fingerprint density at radius 2 is 1.60 bits per heavy atom. The molecule has 0 amide bonds. The average Bonchev–Trinajstić information content (AvgIpc) is 3.48. The van der Waals surface area contributed by atoms with Crippen LogP contribution in [0.3, 0.4) is 0 Å². The van der Waals surface area contributed by atoms with Gasteiger partial charge in [0.05, 0.1) is 8.32 Å². The first-order chi connectivity index (χ1) is 25.0. The van der Waals surface area contributed by atoms with E-state index >= 15 is 0 Å². The molecule has 1 radical (unpaired) electrons. The molecule has 0 N–H and O–H groups in total. The molecule has 0 spiro atoms. The molecule has 0 atom stereocenters. The van der Waals surface area contributed by atoms with E-state index in [2.05, 4.69) is 75.8 Å². The van der Waals surface area contributed by atoms with Crippen molar-refractivity contribution < 1.29 is 32.7 Å². The second-order valence-electron chi connectivity index (χ2n) is 13.0. The molecule has 0 aliphatic rings. The van der Waals surface area contributed by atoms with Gasteiger partial charge in [-0.2, -0.15) is 0 Å². The van der Waals surface area contributed by atoms with Gasteiger partial charge in [-0.25, -0.2) is 0 Å². The minimum Gasteiger partial charge on any atom is -0.501 e. The summed E-state index contributed by atoms with van der Waals surface area (Å²) in [5.41, 5.74) is 4.76. The zero-order valence-corrected chi connectivity index (χ0v) is 31.9. The number of hydrogen-bond acceptors (Lipinski definition) is 3. The van der Waals surface area contributed by atoms with Gasteiger partial charge in [-0.05, 0) is 52.3 Å². The van der Waals surface area contributed by atoms with Gasteiger partial charge in [0.25, 0.3) is 0 Å². The Labute approximate surface area is 307 Å². The van der Waals surface area contributed by atoms with E-state index in [0.29, 0.717) is 16.7 Å². The van der Waals surface area contributed by atoms with E-state index in [4.69, 9.17) is 12.6 Å². The molecule has 8 aromatic rings. The van der Waals surface area contributed by atoms with Crippen molar-refractivity contribution in [2.75, 3.05) is 0 Å². The molecule has 8 rings (SSSR count). The SMILES string of the molecule is [2H]C(C)(C)c1cc(-c2[c-]cccc2)nc[c]1[Ge]([CH3])([CH3])[CH3].[2H]c1nc(-c2[c-]ccc3c2oc2cc4c(ccc5ccccc54)cc23)cc(C([2H])([2H])[2H])c1[2H].[Ir]. The van der Waals surface area contributed by atoms with Crippen molar-refractivity contribution in [3.63, 3.8) is 0 Å². The third kappa shape index (κ3) is 6.62. The fraction of sp³-hybridized carbons (Fsp3) is 0.163. The largest absolute Gasteiger partial charge is 0.501 e. The summed E-state index contributed by atoms with van der Waals surface area (Å²) >= 11 is -2.03. The fourth-order valence-corrected chi connectivity index (χ4v) is 9.40. The Bertz CT molecular complexity index is 2660. The summed E-state index contributed by atoms with van der Waals surface area (Å²) in [6.45, 7) is 1.39. The number of nitrogens with zero attached hydrogens (tertiary/aromatic N) is 2. The number of furan rings is 1. The molecule has 3 nitrogen and oxygen atoms in total. The van der Waals surface area contributed by atoms with Gasteiger partial charge in [-0.3, -0.25) is 0 Å². The molecule has 5 aromatic carbocycles. The number of pyridine rings is 2. The smallest absolute Gasteiger partial charge is 0.121 e. The molecule has 48 heavy (non-hydrogen) atoms. The zero-order valence-electron chi connectivity index (χ0n) is 33.5. The first kappa shape index (κ1) is 26.8. The van der Waals surface area contributed by atoms with Gasteiger partial charge < -0.3 is 9.40 Å². The molecule has 0 bridgehead atoms. The maximum atomic E-state index is 8.44. The molecule has 0 unspecified atom stereocenters. The van der Waals surface area contributed by atoms with Crippen molar-refractivity contribution >= 4 is 61.1 Å². The van der Waals surface area contributed by atoms with Gasteiger partial charge >= 0.3 is 120 Å². The second-order valence-corrected chi connectivity index (χ2v) is 23.6. The summed E-state index contributed by atoms with van der Waals surface area (Å²) in [5, 5.41) is 6.25. The standard InChI is InChI=1S/C26H16NO.C17H22GeN.Ir/c1-16-11-12-27-24(13-16)21-8-4-7-20-23-14-18-10-9-17-5-2-3-6-19(17)22(18)15-25(23)28-26(20)21;1-13(2)15-11-17(14-9-7-6-8-10-14)19-12-16(15)18(3,4)5;/h2-7,9-15H,1H3;6-9,11-13H,1-5H3;/q2*-1;/i1D3,11D,12D;13D;. The summed E-state index contributed by atoms with van der Waals surface area (Å²) < 4.78 is 55.2. The Morgan fingerprint density at radius 3 is 2.38 bits per heavy atom. The van der Waals surface area contributed by atoms with Crippen molar-refractivity contribution in [2.45, 2.75) is 43.9 Å². The van der Waals surface area contributed by atoms with Crippen molar-refractivity contribution in [2.24, 2.45) is 0 Å². The molecule has 0 saturated heterocycles. The molecule has 0 aliphatic heterocycles. The van der Waals surface area contributed by atoms with E-state index in [9.17, 15) is 0 Å². The van der Waals surface area contributed by atoms with Crippen LogP contribution >= 0.6 is 0 Å². The number of rotatable bonds is 4. The van der Waals surface area contributed by atoms with E-state index in [1.54, 1.807) is 6.07 Å². The molecule has 3 aromatic heterocycles. The van der Waals surface area contributed by atoms with Crippen molar-refractivity contribution in [3.8, 4) is 22.5 Å². The van der Waals surface area contributed by atoms with Crippen LogP contribution in [0.2, 0.25) is 17.3 Å². The quantitative estimate of drug-likeness (QED) is 0.100. The molecular weight excluding hydrogens is 825 g/mol. The van der Waals surface area contributed by atoms with E-state index in [1.807, 2.05) is 68.6 Å². The number of hydrogen-bond donors (Lipinski definition) is 0. The van der Waals surface area contributed by atoms with Gasteiger partial charge in [0.15, 0.2) is 0 Å². The predicted octanol–water partition coefficient (Wildman–Crippen LogP) is 11.3. The van der Waals surface area contributed by atoms with Crippen LogP contribution in [0.5, 0.6) is 0 Å². The Hall–Kier alpha value is -4.09. The first-order valence-electron chi connectivity index (χ1n) is 18.7. The third-order valence-corrected chi connectivity index (χ3v) is 12.7. The van der Waals surface area contributed by atoms with Crippen LogP contribution in [-0.2, 0) is 20.1 Å². The van der Waals surface area contributed by atoms with E-state index in [0.717, 1.165) is 49.1 Å². The maximum absolute atomic E-state index is 8.44. The monoisotopic (exact) mass is 871 g/mol. The Balaban J connectivity index is 0.000000205. The summed E-state index contributed by atoms with van der Waals surface area (Å²) in [4.78, 5) is 8.79. The molecule has 5 heteroatoms. The second kappa shape index (κ2) is 13.8. The summed E-state index contributed by atoms with van der Waals surface area (Å²) in [6.07, 6.45) is 1.61. The van der Waals surface area contributed by atoms with Gasteiger partial charge in [-0.15, -0.1) is 18.2 Å². The van der Waals surface area contributed by atoms with Crippen LogP contribution in [0.15, 0.2) is 120 Å². The number of benzene rings is 5. The number of aromatic nitrogens is 2. The van der Waals surface area contributed by atoms with Gasteiger partial charge in [0, 0.05) is 35.8 Å². The summed E-state index contributed by atoms with van der Waals surface area (Å²) in [5.74, 6) is 6.45. The van der Waals surface area contributed by atoms with Crippen molar-refractivity contribution in [1.29, 1.82) is 0 Å². The minimum absolute atomic E-state index is 0. The minimum atomic E-state index is -2.52. The zero-order chi connectivity index (χ0) is 37.9. The maximum Gasteiger partial charge on any atom is 0.121 e. The number of aryl methyl sites for hydroxylation is 1. The van der Waals surface area contributed by atoms with Crippen LogP contribution in [0, 0.1) is 19.0 Å². The topological polar surface area (TPSA) is 38.9 Å². The molecular formula is C43H38GeIrN2O-2. The molecule has 0 saturated carbocycles. The van der Waals surface area contributed by atoms with Crippen LogP contribution in [0.4, 0.5) is 0 Å².